The lowest BCUT2D eigenvalue weighted by Gasteiger charge is -2.09. The first-order chi connectivity index (χ1) is 7.90. The van der Waals surface area contributed by atoms with E-state index < -0.39 is 5.97 Å². The van der Waals surface area contributed by atoms with Gasteiger partial charge in [-0.15, -0.1) is 0 Å². The summed E-state index contributed by atoms with van der Waals surface area (Å²) in [5.41, 5.74) is 1.19. The third kappa shape index (κ3) is 3.90. The van der Waals surface area contributed by atoms with Gasteiger partial charge in [-0.1, -0.05) is 6.92 Å². The summed E-state index contributed by atoms with van der Waals surface area (Å²) in [5.74, 6) is -1.16. The van der Waals surface area contributed by atoms with Gasteiger partial charge in [0.15, 0.2) is 0 Å². The molecule has 2 N–H and O–H groups in total. The van der Waals surface area contributed by atoms with Crippen molar-refractivity contribution in [3.8, 4) is 0 Å². The number of rotatable bonds is 5. The molecule has 0 saturated heterocycles. The molecule has 17 heavy (non-hydrogen) atoms. The average molecular weight is 239 g/mol. The maximum atomic E-state index is 11.8. The van der Waals surface area contributed by atoms with Gasteiger partial charge < -0.3 is 10.4 Å². The maximum Gasteiger partial charge on any atom is 0.303 e. The Labute approximate surface area is 99.6 Å². The number of nitrogens with one attached hydrogen (secondary N) is 1. The monoisotopic (exact) mass is 239 g/mol. The average Bonchev–Trinajstić information content (AvgIpc) is 2.53. The van der Waals surface area contributed by atoms with Gasteiger partial charge in [0.05, 0.1) is 11.3 Å². The minimum Gasteiger partial charge on any atom is -0.481 e. The van der Waals surface area contributed by atoms with E-state index in [9.17, 15) is 9.59 Å². The molecule has 1 atom stereocenters. The van der Waals surface area contributed by atoms with Crippen molar-refractivity contribution < 1.29 is 14.7 Å². The van der Waals surface area contributed by atoms with E-state index in [1.54, 1.807) is 31.8 Å². The molecule has 6 nitrogen and oxygen atoms in total. The normalized spacial score (nSPS) is 12.2. The summed E-state index contributed by atoms with van der Waals surface area (Å²) in [5, 5.41) is 15.4. The third-order valence-corrected chi connectivity index (χ3v) is 2.39. The number of carbonyl (C=O) groups excluding carboxylic acids is 1. The Hall–Kier alpha value is -1.85. The van der Waals surface area contributed by atoms with Crippen molar-refractivity contribution in [3.05, 3.63) is 17.5 Å². The Morgan fingerprint density at radius 3 is 2.71 bits per heavy atom. The fourth-order valence-corrected chi connectivity index (χ4v) is 1.55. The fourth-order valence-electron chi connectivity index (χ4n) is 1.55. The summed E-state index contributed by atoms with van der Waals surface area (Å²) in [7, 11) is 1.75. The lowest BCUT2D eigenvalue weighted by atomic mass is 10.1. The van der Waals surface area contributed by atoms with Gasteiger partial charge in [-0.2, -0.15) is 5.10 Å². The van der Waals surface area contributed by atoms with Gasteiger partial charge in [-0.05, 0) is 12.8 Å². The van der Waals surface area contributed by atoms with Crippen molar-refractivity contribution >= 4 is 11.9 Å². The highest BCUT2D eigenvalue weighted by Gasteiger charge is 2.14. The number of amides is 1. The zero-order chi connectivity index (χ0) is 13.0. The van der Waals surface area contributed by atoms with E-state index >= 15 is 0 Å². The van der Waals surface area contributed by atoms with E-state index in [-0.39, 0.29) is 18.2 Å². The van der Waals surface area contributed by atoms with Gasteiger partial charge in [-0.25, -0.2) is 0 Å². The Morgan fingerprint density at radius 2 is 2.24 bits per heavy atom. The first-order valence-corrected chi connectivity index (χ1v) is 5.40. The van der Waals surface area contributed by atoms with Crippen LogP contribution in [-0.4, -0.2) is 33.3 Å². The molecule has 0 aromatic carbocycles. The molecule has 0 fully saturated rings. The van der Waals surface area contributed by atoms with Crippen LogP contribution in [0.3, 0.4) is 0 Å². The van der Waals surface area contributed by atoms with Gasteiger partial charge in [0.2, 0.25) is 0 Å². The third-order valence-electron chi connectivity index (χ3n) is 2.39. The van der Waals surface area contributed by atoms with E-state index in [0.29, 0.717) is 17.8 Å². The number of nitrogens with zero attached hydrogens (tertiary/aromatic N) is 2. The van der Waals surface area contributed by atoms with E-state index in [1.165, 1.54) is 0 Å². The summed E-state index contributed by atoms with van der Waals surface area (Å²) in [4.78, 5) is 22.2. The number of carboxylic acid groups (broad SMARTS) is 1. The minimum absolute atomic E-state index is 0.0479. The van der Waals surface area contributed by atoms with Crippen LogP contribution >= 0.6 is 0 Å². The van der Waals surface area contributed by atoms with E-state index in [2.05, 4.69) is 10.4 Å². The second-order valence-electron chi connectivity index (χ2n) is 4.21. The predicted octanol–water partition coefficient (Wildman–Crippen LogP) is 0.569. The molecule has 1 rings (SSSR count). The fraction of sp³-hybridized carbons (Fsp3) is 0.545. The molecular formula is C11H17N3O3. The summed E-state index contributed by atoms with van der Waals surface area (Å²) in [6.07, 6.45) is 1.69. The van der Waals surface area contributed by atoms with Crippen LogP contribution in [0.25, 0.3) is 0 Å². The summed E-state index contributed by atoms with van der Waals surface area (Å²) < 4.78 is 1.57. The molecule has 1 amide bonds. The molecule has 0 radical (unpaired) electrons. The van der Waals surface area contributed by atoms with Gasteiger partial charge in [0, 0.05) is 26.2 Å². The van der Waals surface area contributed by atoms with Crippen molar-refractivity contribution in [1.29, 1.82) is 0 Å². The minimum atomic E-state index is -0.857. The molecule has 1 aromatic rings. The van der Waals surface area contributed by atoms with Gasteiger partial charge in [0.25, 0.3) is 5.91 Å². The molecule has 0 saturated carbocycles. The number of carbonyl (C=O) groups is 2. The van der Waals surface area contributed by atoms with Crippen molar-refractivity contribution in [2.45, 2.75) is 20.3 Å². The van der Waals surface area contributed by atoms with Crippen molar-refractivity contribution in [2.75, 3.05) is 6.54 Å². The largest absolute Gasteiger partial charge is 0.481 e. The first-order valence-electron chi connectivity index (χ1n) is 5.40. The van der Waals surface area contributed by atoms with Gasteiger partial charge in [0.1, 0.15) is 0 Å². The van der Waals surface area contributed by atoms with Crippen LogP contribution in [-0.2, 0) is 11.8 Å². The van der Waals surface area contributed by atoms with Gasteiger partial charge in [-0.3, -0.25) is 14.3 Å². The Kier molecular flexibility index (Phi) is 4.25. The molecule has 94 valence electrons. The Balaban J connectivity index is 2.50. The lowest BCUT2D eigenvalue weighted by Crippen LogP contribution is -2.29. The molecule has 0 aliphatic rings. The highest BCUT2D eigenvalue weighted by atomic mass is 16.4. The number of hydrogen-bond donors (Lipinski definition) is 2. The molecule has 1 aromatic heterocycles. The summed E-state index contributed by atoms with van der Waals surface area (Å²) in [6.45, 7) is 3.89. The molecule has 1 heterocycles. The van der Waals surface area contributed by atoms with Crippen molar-refractivity contribution in [2.24, 2.45) is 13.0 Å². The van der Waals surface area contributed by atoms with E-state index in [4.69, 9.17) is 5.11 Å². The zero-order valence-corrected chi connectivity index (χ0v) is 10.2. The second-order valence-corrected chi connectivity index (χ2v) is 4.21. The summed E-state index contributed by atoms with van der Waals surface area (Å²) >= 11 is 0. The highest BCUT2D eigenvalue weighted by Crippen LogP contribution is 2.05. The van der Waals surface area contributed by atoms with Crippen LogP contribution in [0.4, 0.5) is 0 Å². The van der Waals surface area contributed by atoms with Crippen LogP contribution < -0.4 is 5.32 Å². The molecular weight excluding hydrogens is 222 g/mol. The van der Waals surface area contributed by atoms with Crippen LogP contribution in [0.5, 0.6) is 0 Å². The number of aliphatic carboxylic acids is 1. The number of aromatic nitrogens is 2. The molecule has 0 aliphatic heterocycles. The summed E-state index contributed by atoms with van der Waals surface area (Å²) in [6, 6.07) is 0. The smallest absolute Gasteiger partial charge is 0.303 e. The van der Waals surface area contributed by atoms with E-state index in [0.717, 1.165) is 0 Å². The Morgan fingerprint density at radius 1 is 1.59 bits per heavy atom. The number of aryl methyl sites for hydroxylation is 2. The van der Waals surface area contributed by atoms with Crippen LogP contribution in [0.2, 0.25) is 0 Å². The molecule has 0 bridgehead atoms. The highest BCUT2D eigenvalue weighted by molar-refractivity contribution is 5.95. The van der Waals surface area contributed by atoms with E-state index in [1.807, 2.05) is 0 Å². The van der Waals surface area contributed by atoms with Crippen molar-refractivity contribution in [1.82, 2.24) is 15.1 Å². The molecule has 0 aliphatic carbocycles. The van der Waals surface area contributed by atoms with Crippen LogP contribution in [0.15, 0.2) is 6.20 Å². The number of carboxylic acids is 1. The SMILES string of the molecule is Cc1nn(C)cc1C(=O)NCC(C)CC(=O)O. The quantitative estimate of drug-likeness (QED) is 0.786. The lowest BCUT2D eigenvalue weighted by molar-refractivity contribution is -0.137. The molecule has 1 unspecified atom stereocenters. The standard InChI is InChI=1S/C11H17N3O3/c1-7(4-10(15)16)5-12-11(17)9-6-14(3)13-8(9)2/h6-7H,4-5H2,1-3H3,(H,12,17)(H,15,16). The topological polar surface area (TPSA) is 84.2 Å². The first kappa shape index (κ1) is 13.2. The van der Waals surface area contributed by atoms with Crippen LogP contribution in [0.1, 0.15) is 29.4 Å². The zero-order valence-electron chi connectivity index (χ0n) is 10.2. The predicted molar refractivity (Wildman–Crippen MR) is 61.7 cm³/mol. The van der Waals surface area contributed by atoms with Crippen molar-refractivity contribution in [3.63, 3.8) is 0 Å². The molecule has 6 heteroatoms. The van der Waals surface area contributed by atoms with Gasteiger partial charge >= 0.3 is 5.97 Å². The second kappa shape index (κ2) is 5.47. The Bertz CT molecular complexity index is 426. The maximum absolute atomic E-state index is 11.8. The number of hydrogen-bond acceptors (Lipinski definition) is 3. The molecule has 0 spiro atoms. The van der Waals surface area contributed by atoms with Crippen LogP contribution in [0, 0.1) is 12.8 Å².